The number of hydrogen-bond donors (Lipinski definition) is 1. The average Bonchev–Trinajstić information content (AvgIpc) is 3.08. The molecule has 3 aromatic carbocycles. The van der Waals surface area contributed by atoms with Gasteiger partial charge in [0.15, 0.2) is 6.61 Å². The normalized spacial score (nSPS) is 14.2. The van der Waals surface area contributed by atoms with Crippen molar-refractivity contribution in [2.24, 2.45) is 0 Å². The molecule has 1 saturated heterocycles. The second-order valence-corrected chi connectivity index (χ2v) is 8.51. The summed E-state index contributed by atoms with van der Waals surface area (Å²) in [5.74, 6) is 0.420. The van der Waals surface area contributed by atoms with E-state index in [-0.39, 0.29) is 18.4 Å². The first-order chi connectivity index (χ1) is 15.1. The minimum absolute atomic E-state index is 0.0595. The molecule has 1 fully saturated rings. The molecule has 160 valence electrons. The number of amides is 2. The fourth-order valence-electron chi connectivity index (χ4n) is 3.82. The Morgan fingerprint density at radius 1 is 0.903 bits per heavy atom. The van der Waals surface area contributed by atoms with Gasteiger partial charge in [-0.2, -0.15) is 0 Å². The van der Waals surface area contributed by atoms with Gasteiger partial charge in [-0.3, -0.25) is 9.59 Å². The summed E-state index contributed by atoms with van der Waals surface area (Å²) in [5.41, 5.74) is 1.29. The van der Waals surface area contributed by atoms with Crippen LogP contribution < -0.4 is 10.1 Å². The van der Waals surface area contributed by atoms with Crippen LogP contribution in [-0.2, 0) is 4.79 Å². The molecule has 6 heteroatoms. The van der Waals surface area contributed by atoms with E-state index >= 15 is 0 Å². The molecular formula is C25H25BrN2O3. The molecule has 0 saturated carbocycles. The Morgan fingerprint density at radius 3 is 2.35 bits per heavy atom. The molecule has 0 unspecified atom stereocenters. The fraction of sp³-hybridized carbons (Fsp3) is 0.280. The summed E-state index contributed by atoms with van der Waals surface area (Å²) in [6.07, 6.45) is 4.50. The van der Waals surface area contributed by atoms with E-state index in [2.05, 4.69) is 21.2 Å². The quantitative estimate of drug-likeness (QED) is 0.514. The van der Waals surface area contributed by atoms with Crippen molar-refractivity contribution in [2.45, 2.75) is 25.7 Å². The van der Waals surface area contributed by atoms with Crippen molar-refractivity contribution in [3.63, 3.8) is 0 Å². The summed E-state index contributed by atoms with van der Waals surface area (Å²) in [5, 5.41) is 4.95. The molecule has 0 radical (unpaired) electrons. The van der Waals surface area contributed by atoms with Gasteiger partial charge in [-0.05, 0) is 69.9 Å². The molecule has 31 heavy (non-hydrogen) atoms. The van der Waals surface area contributed by atoms with Crippen LogP contribution in [0.2, 0.25) is 0 Å². The maximum absolute atomic E-state index is 12.7. The molecule has 5 nitrogen and oxygen atoms in total. The van der Waals surface area contributed by atoms with E-state index in [9.17, 15) is 9.59 Å². The Bertz CT molecular complexity index is 1070. The highest BCUT2D eigenvalue weighted by molar-refractivity contribution is 9.10. The van der Waals surface area contributed by atoms with Gasteiger partial charge in [0, 0.05) is 24.3 Å². The van der Waals surface area contributed by atoms with Crippen LogP contribution in [0, 0.1) is 0 Å². The molecule has 0 spiro atoms. The first-order valence-electron chi connectivity index (χ1n) is 10.6. The van der Waals surface area contributed by atoms with Gasteiger partial charge in [-0.15, -0.1) is 0 Å². The highest BCUT2D eigenvalue weighted by Crippen LogP contribution is 2.33. The number of hydrogen-bond acceptors (Lipinski definition) is 3. The second-order valence-electron chi connectivity index (χ2n) is 7.72. The molecule has 1 aliphatic heterocycles. The first kappa shape index (κ1) is 21.4. The minimum atomic E-state index is -0.258. The highest BCUT2D eigenvalue weighted by Gasteiger charge is 2.17. The van der Waals surface area contributed by atoms with Gasteiger partial charge >= 0.3 is 0 Å². The van der Waals surface area contributed by atoms with E-state index in [1.807, 2.05) is 41.3 Å². The monoisotopic (exact) mass is 480 g/mol. The van der Waals surface area contributed by atoms with Gasteiger partial charge in [-0.25, -0.2) is 0 Å². The molecule has 1 aliphatic rings. The number of nitrogens with zero attached hydrogens (tertiary/aromatic N) is 1. The molecular weight excluding hydrogens is 456 g/mol. The summed E-state index contributed by atoms with van der Waals surface area (Å²) in [6, 6.07) is 18.8. The third kappa shape index (κ3) is 5.25. The van der Waals surface area contributed by atoms with Gasteiger partial charge < -0.3 is 15.0 Å². The Labute approximate surface area is 190 Å². The maximum atomic E-state index is 12.7. The van der Waals surface area contributed by atoms with Crippen LogP contribution >= 0.6 is 15.9 Å². The lowest BCUT2D eigenvalue weighted by Crippen LogP contribution is -2.31. The summed E-state index contributed by atoms with van der Waals surface area (Å²) >= 11 is 3.57. The summed E-state index contributed by atoms with van der Waals surface area (Å²) in [7, 11) is 0. The Morgan fingerprint density at radius 2 is 1.61 bits per heavy atom. The van der Waals surface area contributed by atoms with E-state index in [0.717, 1.165) is 41.2 Å². The summed E-state index contributed by atoms with van der Waals surface area (Å²) < 4.78 is 6.54. The van der Waals surface area contributed by atoms with Crippen LogP contribution in [0.15, 0.2) is 65.1 Å². The molecule has 0 aromatic heterocycles. The van der Waals surface area contributed by atoms with Crippen LogP contribution in [-0.4, -0.2) is 36.4 Å². The van der Waals surface area contributed by atoms with Crippen LogP contribution in [0.1, 0.15) is 36.0 Å². The maximum Gasteiger partial charge on any atom is 0.262 e. The molecule has 2 amide bonds. The number of rotatable bonds is 5. The number of carbonyl (C=O) groups is 2. The number of carbonyl (C=O) groups excluding carboxylic acids is 2. The van der Waals surface area contributed by atoms with Gasteiger partial charge in [0.1, 0.15) is 5.75 Å². The second kappa shape index (κ2) is 9.96. The number of ether oxygens (including phenoxy) is 1. The van der Waals surface area contributed by atoms with Crippen molar-refractivity contribution in [1.29, 1.82) is 0 Å². The zero-order chi connectivity index (χ0) is 21.6. The molecule has 1 heterocycles. The largest absolute Gasteiger partial charge is 0.483 e. The van der Waals surface area contributed by atoms with E-state index in [4.69, 9.17) is 4.74 Å². The molecule has 0 bridgehead atoms. The standard InChI is InChI=1S/C25H25BrN2O3/c26-24-21-8-4-3-7-18(21)11-14-22(24)31-17-23(29)27-20-12-9-19(10-13-20)25(30)28-15-5-1-2-6-16-28/h3-4,7-14H,1-2,5-6,15-17H2,(H,27,29). The number of nitrogens with one attached hydrogen (secondary N) is 1. The lowest BCUT2D eigenvalue weighted by Gasteiger charge is -2.20. The molecule has 3 aromatic rings. The predicted molar refractivity (Wildman–Crippen MR) is 127 cm³/mol. The Kier molecular flexibility index (Phi) is 6.87. The molecule has 1 N–H and O–H groups in total. The number of halogens is 1. The van der Waals surface area contributed by atoms with Gasteiger partial charge in [0.2, 0.25) is 0 Å². The zero-order valence-corrected chi connectivity index (χ0v) is 18.9. The smallest absolute Gasteiger partial charge is 0.262 e. The van der Waals surface area contributed by atoms with Crippen molar-refractivity contribution in [1.82, 2.24) is 4.90 Å². The predicted octanol–water partition coefficient (Wildman–Crippen LogP) is 5.64. The summed E-state index contributed by atoms with van der Waals surface area (Å²) in [4.78, 5) is 26.9. The van der Waals surface area contributed by atoms with Gasteiger partial charge in [-0.1, -0.05) is 43.2 Å². The zero-order valence-electron chi connectivity index (χ0n) is 17.3. The topological polar surface area (TPSA) is 58.6 Å². The SMILES string of the molecule is O=C(COc1ccc2ccccc2c1Br)Nc1ccc(C(=O)N2CCCCCC2)cc1. The Hall–Kier alpha value is -2.86. The molecule has 0 aliphatic carbocycles. The van der Waals surface area contributed by atoms with Crippen molar-refractivity contribution in [3.05, 3.63) is 70.7 Å². The molecule has 0 atom stereocenters. The number of anilines is 1. The number of benzene rings is 3. The minimum Gasteiger partial charge on any atom is -0.483 e. The number of likely N-dealkylation sites (tertiary alicyclic amines) is 1. The summed E-state index contributed by atoms with van der Waals surface area (Å²) in [6.45, 7) is 1.53. The van der Waals surface area contributed by atoms with Crippen molar-refractivity contribution < 1.29 is 14.3 Å². The lowest BCUT2D eigenvalue weighted by molar-refractivity contribution is -0.118. The third-order valence-electron chi connectivity index (χ3n) is 5.50. The average molecular weight is 481 g/mol. The van der Waals surface area contributed by atoms with E-state index < -0.39 is 0 Å². The van der Waals surface area contributed by atoms with Crippen molar-refractivity contribution >= 4 is 44.2 Å². The third-order valence-corrected chi connectivity index (χ3v) is 6.31. The van der Waals surface area contributed by atoms with E-state index in [0.29, 0.717) is 17.0 Å². The van der Waals surface area contributed by atoms with Gasteiger partial charge in [0.05, 0.1) is 4.47 Å². The van der Waals surface area contributed by atoms with Crippen molar-refractivity contribution in [2.75, 3.05) is 25.0 Å². The first-order valence-corrected chi connectivity index (χ1v) is 11.4. The van der Waals surface area contributed by atoms with E-state index in [1.54, 1.807) is 24.3 Å². The van der Waals surface area contributed by atoms with Crippen LogP contribution in [0.3, 0.4) is 0 Å². The Balaban J connectivity index is 1.33. The number of fused-ring (bicyclic) bond motifs is 1. The van der Waals surface area contributed by atoms with Crippen LogP contribution in [0.4, 0.5) is 5.69 Å². The van der Waals surface area contributed by atoms with Crippen LogP contribution in [0.5, 0.6) is 5.75 Å². The lowest BCUT2D eigenvalue weighted by atomic mass is 10.1. The van der Waals surface area contributed by atoms with E-state index in [1.165, 1.54) is 12.8 Å². The molecule has 4 rings (SSSR count). The van der Waals surface area contributed by atoms with Crippen molar-refractivity contribution in [3.8, 4) is 5.75 Å². The van der Waals surface area contributed by atoms with Gasteiger partial charge in [0.25, 0.3) is 11.8 Å². The van der Waals surface area contributed by atoms with Crippen LogP contribution in [0.25, 0.3) is 10.8 Å². The fourth-order valence-corrected chi connectivity index (χ4v) is 4.43. The highest BCUT2D eigenvalue weighted by atomic mass is 79.9.